The topological polar surface area (TPSA) is 55.7 Å². The summed E-state index contributed by atoms with van der Waals surface area (Å²) in [6, 6.07) is 0. The van der Waals surface area contributed by atoms with Crippen molar-refractivity contribution in [1.29, 1.82) is 0 Å². The molecule has 1 atom stereocenters. The quantitative estimate of drug-likeness (QED) is 0.227. The van der Waals surface area contributed by atoms with Crippen LogP contribution in [0.25, 0.3) is 0 Å². The minimum Gasteiger partial charge on any atom is -0.391 e. The van der Waals surface area contributed by atoms with Crippen LogP contribution in [0.4, 0.5) is 0 Å². The molecule has 1 rings (SSSR count). The van der Waals surface area contributed by atoms with E-state index in [2.05, 4.69) is 27.1 Å². The smallest absolute Gasteiger partial charge is 0.347 e. The lowest BCUT2D eigenvalue weighted by Crippen LogP contribution is -2.29. The lowest BCUT2D eigenvalue weighted by molar-refractivity contribution is -0.153. The number of cyclic esters (lactones) is 2. The van der Waals surface area contributed by atoms with E-state index in [9.17, 15) is 9.59 Å². The van der Waals surface area contributed by atoms with Gasteiger partial charge in [-0.1, -0.05) is 5.57 Å². The molecule has 0 aliphatic carbocycles. The van der Waals surface area contributed by atoms with Gasteiger partial charge in [0.1, 0.15) is 0 Å². The number of rotatable bonds is 2. The number of hydrogen-bond donors (Lipinski definition) is 0. The first kappa shape index (κ1) is 10.8. The fourth-order valence-electron chi connectivity index (χ4n) is 1.31. The van der Waals surface area contributed by atoms with Crippen LogP contribution in [0.3, 0.4) is 0 Å². The number of thiocarbonyl (C=S) groups is 1. The molecule has 5 heteroatoms. The van der Waals surface area contributed by atoms with Gasteiger partial charge in [0.05, 0.1) is 11.6 Å². The summed E-state index contributed by atoms with van der Waals surface area (Å²) >= 11 is 4.44. The molecule has 1 aliphatic heterocycles. The number of hydrogen-bond acceptors (Lipinski definition) is 5. The van der Waals surface area contributed by atoms with Gasteiger partial charge in [-0.05, 0) is 32.1 Å². The zero-order valence-corrected chi connectivity index (χ0v) is 8.68. The number of carbonyl (C=O) groups is 2. The average molecular weight is 211 g/mol. The van der Waals surface area contributed by atoms with Crippen molar-refractivity contribution in [2.45, 2.75) is 25.8 Å². The highest BCUT2D eigenvalue weighted by Crippen LogP contribution is 2.28. The second-order valence-electron chi connectivity index (χ2n) is 3.29. The van der Waals surface area contributed by atoms with Gasteiger partial charge in [-0.3, -0.25) is 4.79 Å². The Bertz CT molecular complexity index is 364. The third kappa shape index (κ3) is 1.95. The van der Waals surface area contributed by atoms with Crippen LogP contribution in [-0.4, -0.2) is 22.6 Å². The summed E-state index contributed by atoms with van der Waals surface area (Å²) in [5.41, 5.74) is -0.400. The lowest BCUT2D eigenvalue weighted by atomic mass is 9.96. The first-order valence-electron chi connectivity index (χ1n) is 4.00. The standard InChI is InChI=1S/C9H9NO3S/c1-6(2)3-9(10-5-14)4-7(11)13-8(9)12/h3H,4H2,1-2H3. The third-order valence-corrected chi connectivity index (χ3v) is 1.84. The summed E-state index contributed by atoms with van der Waals surface area (Å²) in [5.74, 6) is -1.26. The van der Waals surface area contributed by atoms with Crippen molar-refractivity contribution in [3.05, 3.63) is 11.6 Å². The van der Waals surface area contributed by atoms with Gasteiger partial charge in [0, 0.05) is 0 Å². The van der Waals surface area contributed by atoms with Crippen molar-refractivity contribution in [3.8, 4) is 0 Å². The fourth-order valence-corrected chi connectivity index (χ4v) is 1.47. The van der Waals surface area contributed by atoms with Crippen LogP contribution in [-0.2, 0) is 14.3 Å². The molecule has 1 aliphatic rings. The molecule has 1 fully saturated rings. The lowest BCUT2D eigenvalue weighted by Gasteiger charge is -2.11. The maximum absolute atomic E-state index is 11.4. The molecule has 74 valence electrons. The number of aliphatic imine (C=N–C) groups is 1. The summed E-state index contributed by atoms with van der Waals surface area (Å²) in [6.07, 6.45) is 1.47. The summed E-state index contributed by atoms with van der Waals surface area (Å²) < 4.78 is 4.43. The Hall–Kier alpha value is -1.32. The molecule has 0 saturated carbocycles. The second kappa shape index (κ2) is 3.82. The molecule has 0 amide bonds. The number of esters is 2. The third-order valence-electron chi connectivity index (χ3n) is 1.75. The van der Waals surface area contributed by atoms with Gasteiger partial charge in [-0.2, -0.15) is 0 Å². The zero-order chi connectivity index (χ0) is 10.8. The molecule has 0 aromatic rings. The van der Waals surface area contributed by atoms with E-state index in [4.69, 9.17) is 0 Å². The van der Waals surface area contributed by atoms with Gasteiger partial charge in [-0.15, -0.1) is 0 Å². The maximum Gasteiger partial charge on any atom is 0.347 e. The predicted molar refractivity (Wildman–Crippen MR) is 52.9 cm³/mol. The molecule has 0 bridgehead atoms. The predicted octanol–water partition coefficient (Wildman–Crippen LogP) is 1.27. The molecule has 0 spiro atoms. The fraction of sp³-hybridized carbons (Fsp3) is 0.444. The summed E-state index contributed by atoms with van der Waals surface area (Å²) in [4.78, 5) is 26.0. The number of isothiocyanates is 1. The average Bonchev–Trinajstić information content (AvgIpc) is 2.25. The summed E-state index contributed by atoms with van der Waals surface area (Å²) in [6.45, 7) is 3.60. The Morgan fingerprint density at radius 2 is 2.29 bits per heavy atom. The molecule has 0 radical (unpaired) electrons. The maximum atomic E-state index is 11.4. The normalized spacial score (nSPS) is 25.3. The van der Waals surface area contributed by atoms with Gasteiger partial charge in [0.25, 0.3) is 0 Å². The van der Waals surface area contributed by atoms with Crippen molar-refractivity contribution >= 4 is 29.3 Å². The Kier molecular flexibility index (Phi) is 2.93. The van der Waals surface area contributed by atoms with Crippen molar-refractivity contribution in [1.82, 2.24) is 0 Å². The van der Waals surface area contributed by atoms with Crippen LogP contribution in [0.1, 0.15) is 20.3 Å². The Morgan fingerprint density at radius 3 is 2.64 bits per heavy atom. The molecule has 4 nitrogen and oxygen atoms in total. The summed E-state index contributed by atoms with van der Waals surface area (Å²) in [5, 5.41) is 2.12. The molecule has 14 heavy (non-hydrogen) atoms. The molecule has 0 N–H and O–H groups in total. The van der Waals surface area contributed by atoms with Gasteiger partial charge in [0.2, 0.25) is 0 Å². The second-order valence-corrected chi connectivity index (χ2v) is 3.47. The van der Waals surface area contributed by atoms with Crippen LogP contribution < -0.4 is 0 Å². The number of ether oxygens (including phenoxy) is 1. The zero-order valence-electron chi connectivity index (χ0n) is 7.86. The van der Waals surface area contributed by atoms with Crippen molar-refractivity contribution in [3.63, 3.8) is 0 Å². The molecule has 1 unspecified atom stereocenters. The SMILES string of the molecule is CC(C)=CC1(N=C=S)CC(=O)OC1=O. The largest absolute Gasteiger partial charge is 0.391 e. The number of allylic oxidation sites excluding steroid dienone is 1. The highest BCUT2D eigenvalue weighted by molar-refractivity contribution is 7.78. The Labute approximate surface area is 86.7 Å². The van der Waals surface area contributed by atoms with E-state index in [1.54, 1.807) is 19.9 Å². The van der Waals surface area contributed by atoms with Crippen LogP contribution >= 0.6 is 12.2 Å². The van der Waals surface area contributed by atoms with E-state index < -0.39 is 17.5 Å². The van der Waals surface area contributed by atoms with Crippen molar-refractivity contribution in [2.75, 3.05) is 0 Å². The Balaban J connectivity index is 3.18. The minimum atomic E-state index is -1.27. The molecule has 1 saturated heterocycles. The molecular weight excluding hydrogens is 202 g/mol. The van der Waals surface area contributed by atoms with Gasteiger partial charge >= 0.3 is 11.9 Å². The van der Waals surface area contributed by atoms with E-state index in [1.807, 2.05) is 0 Å². The van der Waals surface area contributed by atoms with E-state index in [1.165, 1.54) is 0 Å². The van der Waals surface area contributed by atoms with Gasteiger partial charge < -0.3 is 4.74 Å². The monoisotopic (exact) mass is 211 g/mol. The van der Waals surface area contributed by atoms with Crippen molar-refractivity contribution in [2.24, 2.45) is 4.99 Å². The molecule has 0 aromatic heterocycles. The van der Waals surface area contributed by atoms with Crippen LogP contribution in [0, 0.1) is 0 Å². The highest BCUT2D eigenvalue weighted by atomic mass is 32.1. The molecular formula is C9H9NO3S. The van der Waals surface area contributed by atoms with E-state index >= 15 is 0 Å². The van der Waals surface area contributed by atoms with Crippen LogP contribution in [0.15, 0.2) is 16.6 Å². The highest BCUT2D eigenvalue weighted by Gasteiger charge is 2.47. The minimum absolute atomic E-state index is 0.0966. The molecule has 0 aromatic carbocycles. The van der Waals surface area contributed by atoms with Crippen molar-refractivity contribution < 1.29 is 14.3 Å². The van der Waals surface area contributed by atoms with Crippen LogP contribution in [0.5, 0.6) is 0 Å². The first-order chi connectivity index (χ1) is 6.50. The van der Waals surface area contributed by atoms with E-state index in [0.29, 0.717) is 0 Å². The van der Waals surface area contributed by atoms with E-state index in [-0.39, 0.29) is 6.42 Å². The number of nitrogens with zero attached hydrogens (tertiary/aromatic N) is 1. The first-order valence-corrected chi connectivity index (χ1v) is 4.41. The van der Waals surface area contributed by atoms with E-state index in [0.717, 1.165) is 5.57 Å². The van der Waals surface area contributed by atoms with Gasteiger partial charge in [-0.25, -0.2) is 9.79 Å². The number of carbonyl (C=O) groups excluding carboxylic acids is 2. The Morgan fingerprint density at radius 1 is 1.64 bits per heavy atom. The van der Waals surface area contributed by atoms with Crippen LogP contribution in [0.2, 0.25) is 0 Å². The van der Waals surface area contributed by atoms with Gasteiger partial charge in [0.15, 0.2) is 5.54 Å². The summed E-state index contributed by atoms with van der Waals surface area (Å²) in [7, 11) is 0. The molecule has 1 heterocycles.